The van der Waals surface area contributed by atoms with E-state index in [1.807, 2.05) is 36.5 Å². The minimum absolute atomic E-state index is 0.0418. The lowest BCUT2D eigenvalue weighted by Gasteiger charge is -2.36. The van der Waals surface area contributed by atoms with Gasteiger partial charge in [-0.05, 0) is 80.0 Å². The maximum atomic E-state index is 13.7. The molecule has 0 spiro atoms. The molecule has 53 heavy (non-hydrogen) atoms. The number of nitrogens with zero attached hydrogens (tertiary/aromatic N) is 1. The number of carbonyl (C=O) groups is 1. The zero-order valence-corrected chi connectivity index (χ0v) is 30.9. The third kappa shape index (κ3) is 9.21. The van der Waals surface area contributed by atoms with Crippen molar-refractivity contribution in [3.05, 3.63) is 77.1 Å². The number of carbonyl (C=O) groups excluding carboxylic acids is 1. The first-order chi connectivity index (χ1) is 25.4. The second-order valence-corrected chi connectivity index (χ2v) is 16.6. The standard InChI is InChI=1S/C38H48ClN3O10S/c39-30-11-10-26(53(49,50)42-23-37(13-4-1-5-14-37)36(48)41-20-31(44)34(46)35(47)32(45)21-43)18-24(30)22-51-38(15-16-38)29-19-40-17-12-27(29)28-6-2-3-7-33(28)52-25-8-9-25/h2-3,6-7,10-12,17-19,25,31-32,34-35,42-47H,1,4-5,8-9,13-16,20-23H2,(H,41,48)/t31-,32+,34+,35+/m0/s1. The molecule has 1 amide bonds. The molecule has 13 nitrogen and oxygen atoms in total. The van der Waals surface area contributed by atoms with E-state index in [0.29, 0.717) is 36.3 Å². The molecule has 0 bridgehead atoms. The maximum absolute atomic E-state index is 13.7. The summed E-state index contributed by atoms with van der Waals surface area (Å²) in [6.07, 6.45) is 3.37. The van der Waals surface area contributed by atoms with E-state index in [2.05, 4.69) is 15.0 Å². The van der Waals surface area contributed by atoms with E-state index in [0.717, 1.165) is 54.5 Å². The molecule has 1 aromatic heterocycles. The smallest absolute Gasteiger partial charge is 0.240 e. The number of nitrogens with one attached hydrogen (secondary N) is 2. The Morgan fingerprint density at radius 1 is 0.943 bits per heavy atom. The molecule has 3 aliphatic rings. The zero-order chi connectivity index (χ0) is 37.8. The highest BCUT2D eigenvalue weighted by molar-refractivity contribution is 7.89. The van der Waals surface area contributed by atoms with Crippen molar-refractivity contribution in [2.75, 3.05) is 19.7 Å². The third-order valence-corrected chi connectivity index (χ3v) is 12.3. The predicted molar refractivity (Wildman–Crippen MR) is 195 cm³/mol. The molecule has 3 fully saturated rings. The van der Waals surface area contributed by atoms with E-state index < -0.39 is 64.5 Å². The van der Waals surface area contributed by atoms with E-state index >= 15 is 0 Å². The predicted octanol–water partition coefficient (Wildman–Crippen LogP) is 2.93. The largest absolute Gasteiger partial charge is 0.490 e. The summed E-state index contributed by atoms with van der Waals surface area (Å²) in [5.74, 6) is 0.296. The van der Waals surface area contributed by atoms with Crippen molar-refractivity contribution in [2.45, 2.75) is 105 Å². The third-order valence-electron chi connectivity index (χ3n) is 10.5. The van der Waals surface area contributed by atoms with E-state index in [4.69, 9.17) is 26.2 Å². The van der Waals surface area contributed by atoms with Crippen LogP contribution in [0.25, 0.3) is 11.1 Å². The number of ether oxygens (including phenoxy) is 2. The van der Waals surface area contributed by atoms with Crippen molar-refractivity contribution in [3.8, 4) is 16.9 Å². The number of amides is 1. The first kappa shape index (κ1) is 39.5. The van der Waals surface area contributed by atoms with Crippen LogP contribution < -0.4 is 14.8 Å². The van der Waals surface area contributed by atoms with Crippen molar-refractivity contribution in [3.63, 3.8) is 0 Å². The normalized spacial score (nSPS) is 20.2. The number of sulfonamides is 1. The summed E-state index contributed by atoms with van der Waals surface area (Å²) in [7, 11) is -4.12. The maximum Gasteiger partial charge on any atom is 0.240 e. The highest BCUT2D eigenvalue weighted by Crippen LogP contribution is 2.53. The Hall–Kier alpha value is -3.18. The van der Waals surface area contributed by atoms with Gasteiger partial charge >= 0.3 is 0 Å². The number of hydrogen-bond donors (Lipinski definition) is 7. The molecular formula is C38H48ClN3O10S. The number of hydrogen-bond acceptors (Lipinski definition) is 11. The fraction of sp³-hybridized carbons (Fsp3) is 0.526. The molecule has 3 saturated carbocycles. The number of aromatic nitrogens is 1. The van der Waals surface area contributed by atoms with Gasteiger partial charge in [-0.15, -0.1) is 0 Å². The van der Waals surface area contributed by atoms with Crippen LogP contribution in [0.1, 0.15) is 68.9 Å². The quantitative estimate of drug-likeness (QED) is 0.100. The summed E-state index contributed by atoms with van der Waals surface area (Å²) in [4.78, 5) is 17.9. The van der Waals surface area contributed by atoms with E-state index in [1.165, 1.54) is 18.2 Å². The van der Waals surface area contributed by atoms with Gasteiger partial charge < -0.3 is 40.3 Å². The van der Waals surface area contributed by atoms with Crippen LogP contribution in [0.2, 0.25) is 5.02 Å². The second-order valence-electron chi connectivity index (χ2n) is 14.4. The van der Waals surface area contributed by atoms with Crippen LogP contribution in [0.3, 0.4) is 0 Å². The van der Waals surface area contributed by atoms with E-state index in [-0.39, 0.29) is 24.2 Å². The van der Waals surface area contributed by atoms with Crippen LogP contribution >= 0.6 is 11.6 Å². The number of aliphatic hydroxyl groups is 5. The number of halogens is 1. The van der Waals surface area contributed by atoms with Gasteiger partial charge in [-0.2, -0.15) is 0 Å². The van der Waals surface area contributed by atoms with Gasteiger partial charge in [0.2, 0.25) is 15.9 Å². The fourth-order valence-corrected chi connectivity index (χ4v) is 8.25. The van der Waals surface area contributed by atoms with Crippen LogP contribution in [0.5, 0.6) is 5.75 Å². The Balaban J connectivity index is 1.13. The Morgan fingerprint density at radius 2 is 1.66 bits per heavy atom. The molecule has 0 radical (unpaired) electrons. The molecule has 2 aromatic carbocycles. The second kappa shape index (κ2) is 16.7. The van der Waals surface area contributed by atoms with Gasteiger partial charge in [0.1, 0.15) is 24.1 Å². The Kier molecular flexibility index (Phi) is 12.4. The average molecular weight is 774 g/mol. The molecule has 0 aliphatic heterocycles. The van der Waals surface area contributed by atoms with Crippen LogP contribution in [0, 0.1) is 5.41 Å². The topological polar surface area (TPSA) is 208 Å². The summed E-state index contributed by atoms with van der Waals surface area (Å²) in [6.45, 7) is -1.46. The first-order valence-electron chi connectivity index (χ1n) is 18.1. The lowest BCUT2D eigenvalue weighted by atomic mass is 9.73. The van der Waals surface area contributed by atoms with Crippen LogP contribution in [0.15, 0.2) is 65.8 Å². The van der Waals surface area contributed by atoms with Gasteiger partial charge in [-0.1, -0.05) is 49.1 Å². The summed E-state index contributed by atoms with van der Waals surface area (Å²) in [5, 5.41) is 51.9. The fourth-order valence-electron chi connectivity index (χ4n) is 6.90. The van der Waals surface area contributed by atoms with Crippen LogP contribution in [-0.2, 0) is 31.8 Å². The molecule has 288 valence electrons. The number of para-hydroxylation sites is 1. The minimum Gasteiger partial charge on any atom is -0.490 e. The van der Waals surface area contributed by atoms with Gasteiger partial charge in [-0.25, -0.2) is 13.1 Å². The van der Waals surface area contributed by atoms with Gasteiger partial charge in [0.15, 0.2) is 0 Å². The molecule has 0 saturated heterocycles. The lowest BCUT2D eigenvalue weighted by molar-refractivity contribution is -0.135. The number of rotatable bonds is 18. The molecule has 3 aromatic rings. The summed E-state index contributed by atoms with van der Waals surface area (Å²) < 4.78 is 42.7. The summed E-state index contributed by atoms with van der Waals surface area (Å²) in [6, 6.07) is 14.3. The van der Waals surface area contributed by atoms with Gasteiger partial charge in [-0.3, -0.25) is 9.78 Å². The van der Waals surface area contributed by atoms with Gasteiger partial charge in [0.25, 0.3) is 0 Å². The first-order valence-corrected chi connectivity index (χ1v) is 20.0. The highest BCUT2D eigenvalue weighted by atomic mass is 35.5. The van der Waals surface area contributed by atoms with Crippen LogP contribution in [0.4, 0.5) is 0 Å². The van der Waals surface area contributed by atoms with Gasteiger partial charge in [0.05, 0.1) is 41.3 Å². The number of aliphatic hydroxyl groups excluding tert-OH is 5. The molecule has 3 aliphatic carbocycles. The number of pyridine rings is 1. The molecule has 15 heteroatoms. The van der Waals surface area contributed by atoms with Crippen LogP contribution in [-0.4, -0.2) is 95.1 Å². The molecular weight excluding hydrogens is 726 g/mol. The Labute approximate surface area is 314 Å². The highest BCUT2D eigenvalue weighted by Gasteiger charge is 2.48. The van der Waals surface area contributed by atoms with Crippen molar-refractivity contribution >= 4 is 27.5 Å². The average Bonchev–Trinajstić information content (AvgIpc) is 4.13. The number of benzene rings is 2. The van der Waals surface area contributed by atoms with Crippen molar-refractivity contribution in [1.82, 2.24) is 15.0 Å². The molecule has 7 N–H and O–H groups in total. The van der Waals surface area contributed by atoms with Crippen molar-refractivity contribution in [1.29, 1.82) is 0 Å². The minimum atomic E-state index is -4.12. The zero-order valence-electron chi connectivity index (χ0n) is 29.4. The molecule has 6 rings (SSSR count). The molecule has 4 atom stereocenters. The Bertz CT molecular complexity index is 1850. The molecule has 1 heterocycles. The van der Waals surface area contributed by atoms with E-state index in [9.17, 15) is 33.6 Å². The lowest BCUT2D eigenvalue weighted by Crippen LogP contribution is -2.53. The van der Waals surface area contributed by atoms with Gasteiger partial charge in [0, 0.05) is 41.6 Å². The summed E-state index contributed by atoms with van der Waals surface area (Å²) >= 11 is 6.58. The SMILES string of the molecule is O=C(NC[C@H](O)[C@@H](O)[C@H](O)[C@H](O)CO)C1(CNS(=O)(=O)c2ccc(Cl)c(COC3(c4cnccc4-c4ccccc4OC4CC4)CC3)c2)CCCCC1. The summed E-state index contributed by atoms with van der Waals surface area (Å²) in [5.41, 5.74) is 1.57. The van der Waals surface area contributed by atoms with Crippen molar-refractivity contribution in [2.24, 2.45) is 5.41 Å². The monoisotopic (exact) mass is 773 g/mol. The Morgan fingerprint density at radius 3 is 2.36 bits per heavy atom. The molecule has 0 unspecified atom stereocenters. The van der Waals surface area contributed by atoms with Crippen molar-refractivity contribution < 1.29 is 48.2 Å². The van der Waals surface area contributed by atoms with E-state index in [1.54, 1.807) is 6.20 Å².